The molecule has 0 spiro atoms. The van der Waals surface area contributed by atoms with Gasteiger partial charge in [0.2, 0.25) is 5.89 Å². The van der Waals surface area contributed by atoms with Gasteiger partial charge in [-0.3, -0.25) is 0 Å². The standard InChI is InChI=1S/C13H22N4O/c1-17-7-4-10(5-8-17)12-15-13(18-16-12)11-3-2-6-14-9-11/h10-11,14H,2-9H2,1H3. The van der Waals surface area contributed by atoms with Crippen molar-refractivity contribution in [3.8, 4) is 0 Å². The lowest BCUT2D eigenvalue weighted by Gasteiger charge is -2.26. The molecular formula is C13H22N4O. The molecule has 100 valence electrons. The highest BCUT2D eigenvalue weighted by Gasteiger charge is 2.26. The maximum Gasteiger partial charge on any atom is 0.231 e. The average Bonchev–Trinajstić information content (AvgIpc) is 2.90. The van der Waals surface area contributed by atoms with E-state index in [-0.39, 0.29) is 0 Å². The monoisotopic (exact) mass is 250 g/mol. The Hall–Kier alpha value is -0.940. The summed E-state index contributed by atoms with van der Waals surface area (Å²) in [6, 6.07) is 0. The van der Waals surface area contributed by atoms with Crippen LogP contribution >= 0.6 is 0 Å². The van der Waals surface area contributed by atoms with Crippen LogP contribution in [0.25, 0.3) is 0 Å². The van der Waals surface area contributed by atoms with Crippen LogP contribution in [0.2, 0.25) is 0 Å². The van der Waals surface area contributed by atoms with E-state index in [2.05, 4.69) is 27.4 Å². The highest BCUT2D eigenvalue weighted by molar-refractivity contribution is 5.02. The van der Waals surface area contributed by atoms with E-state index in [0.717, 1.165) is 50.7 Å². The highest BCUT2D eigenvalue weighted by atomic mass is 16.5. The molecule has 2 aliphatic rings. The van der Waals surface area contributed by atoms with E-state index in [4.69, 9.17) is 4.52 Å². The molecule has 1 N–H and O–H groups in total. The first-order valence-electron chi connectivity index (χ1n) is 7.05. The van der Waals surface area contributed by atoms with Gasteiger partial charge in [0.1, 0.15) is 0 Å². The SMILES string of the molecule is CN1CCC(c2noc(C3CCCNC3)n2)CC1. The van der Waals surface area contributed by atoms with Crippen LogP contribution in [-0.4, -0.2) is 48.3 Å². The minimum absolute atomic E-state index is 0.422. The van der Waals surface area contributed by atoms with Gasteiger partial charge in [-0.15, -0.1) is 0 Å². The molecule has 2 aliphatic heterocycles. The number of nitrogens with zero attached hydrogens (tertiary/aromatic N) is 3. The van der Waals surface area contributed by atoms with Crippen molar-refractivity contribution in [3.63, 3.8) is 0 Å². The zero-order valence-corrected chi connectivity index (χ0v) is 11.1. The molecule has 2 saturated heterocycles. The topological polar surface area (TPSA) is 54.2 Å². The van der Waals surface area contributed by atoms with Crippen molar-refractivity contribution in [3.05, 3.63) is 11.7 Å². The Kier molecular flexibility index (Phi) is 3.61. The lowest BCUT2D eigenvalue weighted by atomic mass is 9.96. The molecule has 0 saturated carbocycles. The fourth-order valence-corrected chi connectivity index (χ4v) is 2.91. The number of rotatable bonds is 2. The second-order valence-electron chi connectivity index (χ2n) is 5.61. The van der Waals surface area contributed by atoms with Gasteiger partial charge in [-0.25, -0.2) is 0 Å². The number of likely N-dealkylation sites (tertiary alicyclic amines) is 1. The normalized spacial score (nSPS) is 27.5. The molecular weight excluding hydrogens is 228 g/mol. The van der Waals surface area contributed by atoms with E-state index in [0.29, 0.717) is 11.8 Å². The van der Waals surface area contributed by atoms with Crippen LogP contribution in [0.1, 0.15) is 49.2 Å². The van der Waals surface area contributed by atoms with Gasteiger partial charge in [0, 0.05) is 12.5 Å². The van der Waals surface area contributed by atoms with Crippen LogP contribution in [0.4, 0.5) is 0 Å². The van der Waals surface area contributed by atoms with Crippen LogP contribution in [0.5, 0.6) is 0 Å². The van der Waals surface area contributed by atoms with Gasteiger partial charge in [-0.05, 0) is 52.4 Å². The number of nitrogens with one attached hydrogen (secondary N) is 1. The van der Waals surface area contributed by atoms with Crippen molar-refractivity contribution in [2.45, 2.75) is 37.5 Å². The third-order valence-corrected chi connectivity index (χ3v) is 4.19. The molecule has 0 aromatic carbocycles. The van der Waals surface area contributed by atoms with E-state index in [9.17, 15) is 0 Å². The van der Waals surface area contributed by atoms with E-state index in [1.165, 1.54) is 12.8 Å². The van der Waals surface area contributed by atoms with Gasteiger partial charge in [0.05, 0.1) is 5.92 Å². The van der Waals surface area contributed by atoms with E-state index < -0.39 is 0 Å². The molecule has 5 nitrogen and oxygen atoms in total. The fraction of sp³-hybridized carbons (Fsp3) is 0.846. The molecule has 0 bridgehead atoms. The summed E-state index contributed by atoms with van der Waals surface area (Å²) in [7, 11) is 2.17. The molecule has 5 heteroatoms. The minimum Gasteiger partial charge on any atom is -0.339 e. The predicted molar refractivity (Wildman–Crippen MR) is 68.6 cm³/mol. The van der Waals surface area contributed by atoms with Crippen molar-refractivity contribution >= 4 is 0 Å². The Balaban J connectivity index is 1.65. The average molecular weight is 250 g/mol. The van der Waals surface area contributed by atoms with Crippen LogP contribution in [0.15, 0.2) is 4.52 Å². The summed E-state index contributed by atoms with van der Waals surface area (Å²) in [4.78, 5) is 7.01. The first-order valence-corrected chi connectivity index (χ1v) is 7.05. The quantitative estimate of drug-likeness (QED) is 0.858. The zero-order valence-electron chi connectivity index (χ0n) is 11.1. The molecule has 3 rings (SSSR count). The third kappa shape index (κ3) is 2.57. The van der Waals surface area contributed by atoms with Crippen molar-refractivity contribution in [1.82, 2.24) is 20.4 Å². The van der Waals surface area contributed by atoms with Crippen molar-refractivity contribution in [2.24, 2.45) is 0 Å². The number of hydrogen-bond donors (Lipinski definition) is 1. The molecule has 1 aromatic heterocycles. The molecule has 3 heterocycles. The summed E-state index contributed by atoms with van der Waals surface area (Å²) < 4.78 is 5.47. The summed E-state index contributed by atoms with van der Waals surface area (Å²) in [5.74, 6) is 2.70. The van der Waals surface area contributed by atoms with Crippen molar-refractivity contribution in [2.75, 3.05) is 33.2 Å². The second-order valence-corrected chi connectivity index (χ2v) is 5.61. The molecule has 18 heavy (non-hydrogen) atoms. The van der Waals surface area contributed by atoms with Crippen molar-refractivity contribution in [1.29, 1.82) is 0 Å². The summed E-state index contributed by atoms with van der Waals surface area (Å²) >= 11 is 0. The molecule has 1 aromatic rings. The Morgan fingerprint density at radius 1 is 1.22 bits per heavy atom. The summed E-state index contributed by atoms with van der Waals surface area (Å²) in [5.41, 5.74) is 0. The number of aromatic nitrogens is 2. The third-order valence-electron chi connectivity index (χ3n) is 4.19. The largest absolute Gasteiger partial charge is 0.339 e. The Morgan fingerprint density at radius 3 is 2.78 bits per heavy atom. The lowest BCUT2D eigenvalue weighted by molar-refractivity contribution is 0.247. The van der Waals surface area contributed by atoms with Gasteiger partial charge in [0.25, 0.3) is 0 Å². The first-order chi connectivity index (χ1) is 8.83. The second kappa shape index (κ2) is 5.36. The molecule has 0 aliphatic carbocycles. The van der Waals surface area contributed by atoms with Gasteiger partial charge >= 0.3 is 0 Å². The maximum absolute atomic E-state index is 5.47. The molecule has 1 unspecified atom stereocenters. The van der Waals surface area contributed by atoms with Crippen molar-refractivity contribution < 1.29 is 4.52 Å². The Labute approximate surface area is 108 Å². The lowest BCUT2D eigenvalue weighted by Crippen LogP contribution is -2.30. The number of piperidine rings is 2. The molecule has 0 amide bonds. The van der Waals surface area contributed by atoms with Crippen LogP contribution < -0.4 is 5.32 Å². The summed E-state index contributed by atoms with van der Waals surface area (Å²) in [6.07, 6.45) is 4.68. The maximum atomic E-state index is 5.47. The van der Waals surface area contributed by atoms with Gasteiger partial charge in [0.15, 0.2) is 5.82 Å². The van der Waals surface area contributed by atoms with E-state index in [1.54, 1.807) is 0 Å². The molecule has 1 atom stereocenters. The Morgan fingerprint density at radius 2 is 2.06 bits per heavy atom. The molecule has 0 radical (unpaired) electrons. The van der Waals surface area contributed by atoms with Crippen LogP contribution in [-0.2, 0) is 0 Å². The number of hydrogen-bond acceptors (Lipinski definition) is 5. The molecule has 2 fully saturated rings. The van der Waals surface area contributed by atoms with Gasteiger partial charge in [-0.2, -0.15) is 4.98 Å². The van der Waals surface area contributed by atoms with Gasteiger partial charge < -0.3 is 14.7 Å². The summed E-state index contributed by atoms with van der Waals surface area (Å²) in [6.45, 7) is 4.38. The van der Waals surface area contributed by atoms with Crippen LogP contribution in [0, 0.1) is 0 Å². The van der Waals surface area contributed by atoms with E-state index >= 15 is 0 Å². The first kappa shape index (κ1) is 12.1. The van der Waals surface area contributed by atoms with E-state index in [1.807, 2.05) is 0 Å². The predicted octanol–water partition coefficient (Wildman–Crippen LogP) is 1.35. The highest BCUT2D eigenvalue weighted by Crippen LogP contribution is 2.28. The van der Waals surface area contributed by atoms with Crippen LogP contribution in [0.3, 0.4) is 0 Å². The zero-order chi connectivity index (χ0) is 12.4. The fourth-order valence-electron chi connectivity index (χ4n) is 2.91. The van der Waals surface area contributed by atoms with Gasteiger partial charge in [-0.1, -0.05) is 5.16 Å². The summed E-state index contributed by atoms with van der Waals surface area (Å²) in [5, 5.41) is 7.60. The Bertz CT molecular complexity index is 378. The minimum atomic E-state index is 0.422. The smallest absolute Gasteiger partial charge is 0.231 e.